The number of nitrogen functional groups attached to an aromatic ring is 1. The Balaban J connectivity index is 2.23. The molecular weight excluding hydrogens is 230 g/mol. The lowest BCUT2D eigenvalue weighted by Gasteiger charge is -2.12. The number of hydrogen-bond acceptors (Lipinski definition) is 3. The zero-order chi connectivity index (χ0) is 13.1. The van der Waals surface area contributed by atoms with E-state index in [4.69, 9.17) is 5.73 Å². The summed E-state index contributed by atoms with van der Waals surface area (Å²) in [5, 5.41) is 0. The SMILES string of the molecule is CCn1cc(N)c(=O)n(CCC2CCCC2)c1=O. The normalized spacial score (nSPS) is 16.3. The van der Waals surface area contributed by atoms with E-state index in [9.17, 15) is 9.59 Å². The van der Waals surface area contributed by atoms with Crippen LogP contribution in [0, 0.1) is 5.92 Å². The summed E-state index contributed by atoms with van der Waals surface area (Å²) in [5.41, 5.74) is 5.23. The lowest BCUT2D eigenvalue weighted by molar-refractivity contribution is 0.437. The van der Waals surface area contributed by atoms with Crippen LogP contribution in [-0.2, 0) is 13.1 Å². The largest absolute Gasteiger partial charge is 0.393 e. The third-order valence-electron chi connectivity index (χ3n) is 3.84. The van der Waals surface area contributed by atoms with Crippen LogP contribution in [0.2, 0.25) is 0 Å². The maximum absolute atomic E-state index is 12.0. The van der Waals surface area contributed by atoms with Crippen molar-refractivity contribution in [1.29, 1.82) is 0 Å². The highest BCUT2D eigenvalue weighted by molar-refractivity contribution is 5.30. The van der Waals surface area contributed by atoms with Crippen molar-refractivity contribution >= 4 is 5.69 Å². The van der Waals surface area contributed by atoms with Crippen LogP contribution in [0.15, 0.2) is 15.8 Å². The highest BCUT2D eigenvalue weighted by Crippen LogP contribution is 2.27. The van der Waals surface area contributed by atoms with Gasteiger partial charge < -0.3 is 5.73 Å². The second-order valence-corrected chi connectivity index (χ2v) is 5.05. The lowest BCUT2D eigenvalue weighted by atomic mass is 10.0. The molecule has 100 valence electrons. The molecule has 1 fully saturated rings. The molecule has 0 amide bonds. The third-order valence-corrected chi connectivity index (χ3v) is 3.84. The lowest BCUT2D eigenvalue weighted by Crippen LogP contribution is -2.40. The van der Waals surface area contributed by atoms with Crippen LogP contribution in [0.3, 0.4) is 0 Å². The van der Waals surface area contributed by atoms with Gasteiger partial charge in [0.1, 0.15) is 5.69 Å². The fourth-order valence-electron chi connectivity index (χ4n) is 2.71. The number of rotatable bonds is 4. The second kappa shape index (κ2) is 5.42. The predicted molar refractivity (Wildman–Crippen MR) is 71.6 cm³/mol. The van der Waals surface area contributed by atoms with E-state index in [1.807, 2.05) is 6.92 Å². The summed E-state index contributed by atoms with van der Waals surface area (Å²) in [4.78, 5) is 23.9. The smallest absolute Gasteiger partial charge is 0.331 e. The summed E-state index contributed by atoms with van der Waals surface area (Å²) in [5.74, 6) is 0.660. The average Bonchev–Trinajstić information content (AvgIpc) is 2.87. The fraction of sp³-hybridized carbons (Fsp3) is 0.692. The Morgan fingerprint density at radius 2 is 2.00 bits per heavy atom. The Hall–Kier alpha value is -1.52. The highest BCUT2D eigenvalue weighted by Gasteiger charge is 2.16. The van der Waals surface area contributed by atoms with Gasteiger partial charge in [0.25, 0.3) is 5.56 Å². The van der Waals surface area contributed by atoms with Crippen molar-refractivity contribution in [3.05, 3.63) is 27.0 Å². The van der Waals surface area contributed by atoms with E-state index < -0.39 is 0 Å². The summed E-state index contributed by atoms with van der Waals surface area (Å²) in [7, 11) is 0. The molecule has 0 unspecified atom stereocenters. The van der Waals surface area contributed by atoms with Gasteiger partial charge in [-0.2, -0.15) is 0 Å². The van der Waals surface area contributed by atoms with Crippen molar-refractivity contribution in [3.63, 3.8) is 0 Å². The van der Waals surface area contributed by atoms with Gasteiger partial charge in [0.05, 0.1) is 0 Å². The molecule has 0 aromatic carbocycles. The van der Waals surface area contributed by atoms with Crippen LogP contribution in [0.5, 0.6) is 0 Å². The quantitative estimate of drug-likeness (QED) is 0.874. The molecule has 0 bridgehead atoms. The number of aryl methyl sites for hydroxylation is 1. The maximum Gasteiger partial charge on any atom is 0.331 e. The molecule has 1 aliphatic rings. The Labute approximate surface area is 106 Å². The molecular formula is C13H21N3O2. The minimum absolute atomic E-state index is 0.155. The van der Waals surface area contributed by atoms with E-state index in [-0.39, 0.29) is 16.9 Å². The first-order valence-electron chi connectivity index (χ1n) is 6.73. The zero-order valence-corrected chi connectivity index (χ0v) is 10.9. The van der Waals surface area contributed by atoms with Gasteiger partial charge >= 0.3 is 5.69 Å². The fourth-order valence-corrected chi connectivity index (χ4v) is 2.71. The molecule has 2 N–H and O–H groups in total. The van der Waals surface area contributed by atoms with E-state index >= 15 is 0 Å². The standard InChI is InChI=1S/C13H21N3O2/c1-2-15-9-11(14)12(17)16(13(15)18)8-7-10-5-3-4-6-10/h9-10H,2-8,14H2,1H3. The van der Waals surface area contributed by atoms with Crippen molar-refractivity contribution in [1.82, 2.24) is 9.13 Å². The highest BCUT2D eigenvalue weighted by atomic mass is 16.2. The van der Waals surface area contributed by atoms with Crippen molar-refractivity contribution < 1.29 is 0 Å². The summed E-state index contributed by atoms with van der Waals surface area (Å²) in [6.45, 7) is 2.90. The molecule has 0 radical (unpaired) electrons. The first-order chi connectivity index (χ1) is 8.63. The Morgan fingerprint density at radius 3 is 2.61 bits per heavy atom. The van der Waals surface area contributed by atoms with Crippen molar-refractivity contribution in [2.24, 2.45) is 5.92 Å². The Morgan fingerprint density at radius 1 is 1.33 bits per heavy atom. The molecule has 0 aliphatic heterocycles. The van der Waals surface area contributed by atoms with Gasteiger partial charge in [0.2, 0.25) is 0 Å². The second-order valence-electron chi connectivity index (χ2n) is 5.05. The summed E-state index contributed by atoms with van der Waals surface area (Å²) in [6, 6.07) is 0. The van der Waals surface area contributed by atoms with Crippen LogP contribution >= 0.6 is 0 Å². The van der Waals surface area contributed by atoms with Gasteiger partial charge in [0, 0.05) is 19.3 Å². The molecule has 1 aromatic heterocycles. The Bertz CT molecular complexity index is 524. The van der Waals surface area contributed by atoms with E-state index in [1.54, 1.807) is 0 Å². The molecule has 1 saturated carbocycles. The van der Waals surface area contributed by atoms with E-state index in [0.717, 1.165) is 6.42 Å². The molecule has 1 heterocycles. The van der Waals surface area contributed by atoms with Crippen molar-refractivity contribution in [2.45, 2.75) is 52.1 Å². The number of nitrogens with two attached hydrogens (primary N) is 1. The predicted octanol–water partition coefficient (Wildman–Crippen LogP) is 1.19. The van der Waals surface area contributed by atoms with Crippen LogP contribution in [0.4, 0.5) is 5.69 Å². The Kier molecular flexibility index (Phi) is 3.89. The molecule has 1 aromatic rings. The van der Waals surface area contributed by atoms with Crippen molar-refractivity contribution in [3.8, 4) is 0 Å². The van der Waals surface area contributed by atoms with Gasteiger partial charge in [-0.15, -0.1) is 0 Å². The molecule has 18 heavy (non-hydrogen) atoms. The number of aromatic nitrogens is 2. The van der Waals surface area contributed by atoms with Gasteiger partial charge in [-0.1, -0.05) is 25.7 Å². The minimum atomic E-state index is -0.345. The molecule has 0 spiro atoms. The van der Waals surface area contributed by atoms with Gasteiger partial charge in [-0.3, -0.25) is 13.9 Å². The molecule has 0 saturated heterocycles. The van der Waals surface area contributed by atoms with Crippen LogP contribution in [0.25, 0.3) is 0 Å². The topological polar surface area (TPSA) is 70.0 Å². The minimum Gasteiger partial charge on any atom is -0.393 e. The monoisotopic (exact) mass is 251 g/mol. The molecule has 1 aliphatic carbocycles. The number of hydrogen-bond donors (Lipinski definition) is 1. The van der Waals surface area contributed by atoms with Gasteiger partial charge in [0.15, 0.2) is 0 Å². The van der Waals surface area contributed by atoms with E-state index in [1.165, 1.54) is 41.0 Å². The average molecular weight is 251 g/mol. The molecule has 5 nitrogen and oxygen atoms in total. The first-order valence-corrected chi connectivity index (χ1v) is 6.73. The molecule has 5 heteroatoms. The summed E-state index contributed by atoms with van der Waals surface area (Å²) in [6.07, 6.45) is 7.34. The molecule has 2 rings (SSSR count). The summed E-state index contributed by atoms with van der Waals surface area (Å²) < 4.78 is 2.78. The molecule has 0 atom stereocenters. The first kappa shape index (κ1) is 12.9. The number of anilines is 1. The van der Waals surface area contributed by atoms with Crippen LogP contribution in [0.1, 0.15) is 39.0 Å². The summed E-state index contributed by atoms with van der Waals surface area (Å²) >= 11 is 0. The van der Waals surface area contributed by atoms with E-state index in [0.29, 0.717) is 19.0 Å². The van der Waals surface area contributed by atoms with E-state index in [2.05, 4.69) is 0 Å². The van der Waals surface area contributed by atoms with Crippen LogP contribution in [-0.4, -0.2) is 9.13 Å². The van der Waals surface area contributed by atoms with Gasteiger partial charge in [-0.25, -0.2) is 4.79 Å². The maximum atomic E-state index is 12.0. The zero-order valence-electron chi connectivity index (χ0n) is 10.9. The van der Waals surface area contributed by atoms with Crippen LogP contribution < -0.4 is 17.0 Å². The van der Waals surface area contributed by atoms with Gasteiger partial charge in [-0.05, 0) is 19.3 Å². The van der Waals surface area contributed by atoms with Crippen molar-refractivity contribution in [2.75, 3.05) is 5.73 Å². The third kappa shape index (κ3) is 2.49. The number of nitrogens with zero attached hydrogens (tertiary/aromatic N) is 2.